The summed E-state index contributed by atoms with van der Waals surface area (Å²) in [6, 6.07) is 13.1. The van der Waals surface area contributed by atoms with Crippen LogP contribution < -0.4 is 4.90 Å². The molecule has 0 bridgehead atoms. The first-order chi connectivity index (χ1) is 12.2. The van der Waals surface area contributed by atoms with Gasteiger partial charge in [-0.2, -0.15) is 0 Å². The molecule has 0 spiro atoms. The summed E-state index contributed by atoms with van der Waals surface area (Å²) in [5, 5.41) is 2.86. The fourth-order valence-electron chi connectivity index (χ4n) is 2.71. The lowest BCUT2D eigenvalue weighted by Gasteiger charge is -2.22. The third kappa shape index (κ3) is 3.34. The summed E-state index contributed by atoms with van der Waals surface area (Å²) >= 11 is 1.49. The van der Waals surface area contributed by atoms with Crippen LogP contribution in [-0.2, 0) is 16.1 Å². The Hall–Kier alpha value is -2.86. The van der Waals surface area contributed by atoms with Crippen molar-refractivity contribution in [2.75, 3.05) is 18.6 Å². The van der Waals surface area contributed by atoms with Gasteiger partial charge in [0.25, 0.3) is 0 Å². The van der Waals surface area contributed by atoms with Crippen molar-refractivity contribution in [3.63, 3.8) is 0 Å². The standard InChI is InChI=1S/C19H18N2O3S/c1-3-10-20(15-7-5-4-6-8-15)17(22)13-21-16(19(23)24-2)12-14-9-11-25-18(14)21/h3-9,11-12H,1,10,13H2,2H3. The summed E-state index contributed by atoms with van der Waals surface area (Å²) in [5.41, 5.74) is 1.17. The van der Waals surface area contributed by atoms with Gasteiger partial charge in [-0.25, -0.2) is 4.79 Å². The lowest BCUT2D eigenvalue weighted by Crippen LogP contribution is -2.34. The van der Waals surface area contributed by atoms with E-state index in [4.69, 9.17) is 4.74 Å². The summed E-state index contributed by atoms with van der Waals surface area (Å²) < 4.78 is 6.57. The van der Waals surface area contributed by atoms with Gasteiger partial charge < -0.3 is 14.2 Å². The number of thiophene rings is 1. The number of carbonyl (C=O) groups excluding carboxylic acids is 2. The molecule has 0 aliphatic heterocycles. The van der Waals surface area contributed by atoms with E-state index in [9.17, 15) is 9.59 Å². The van der Waals surface area contributed by atoms with E-state index in [0.717, 1.165) is 15.9 Å². The Morgan fingerprint density at radius 1 is 1.28 bits per heavy atom. The Morgan fingerprint density at radius 3 is 2.72 bits per heavy atom. The molecule has 0 unspecified atom stereocenters. The highest BCUT2D eigenvalue weighted by Crippen LogP contribution is 2.26. The van der Waals surface area contributed by atoms with Crippen LogP contribution >= 0.6 is 11.3 Å². The van der Waals surface area contributed by atoms with Crippen molar-refractivity contribution >= 4 is 39.1 Å². The molecular weight excluding hydrogens is 336 g/mol. The van der Waals surface area contributed by atoms with Crippen molar-refractivity contribution in [3.05, 3.63) is 66.2 Å². The van der Waals surface area contributed by atoms with Crippen LogP contribution in [0.1, 0.15) is 10.5 Å². The maximum absolute atomic E-state index is 12.9. The van der Waals surface area contributed by atoms with Gasteiger partial charge in [0, 0.05) is 17.6 Å². The topological polar surface area (TPSA) is 51.5 Å². The lowest BCUT2D eigenvalue weighted by atomic mass is 10.2. The van der Waals surface area contributed by atoms with E-state index in [1.165, 1.54) is 18.4 Å². The van der Waals surface area contributed by atoms with Gasteiger partial charge in [-0.05, 0) is 29.6 Å². The predicted octanol–water partition coefficient (Wildman–Crippen LogP) is 3.71. The van der Waals surface area contributed by atoms with Gasteiger partial charge in [0.05, 0.1) is 7.11 Å². The van der Waals surface area contributed by atoms with Crippen LogP contribution in [0.4, 0.5) is 5.69 Å². The number of carbonyl (C=O) groups is 2. The minimum absolute atomic E-state index is 0.0528. The first-order valence-corrected chi connectivity index (χ1v) is 8.65. The Balaban J connectivity index is 1.96. The normalized spacial score (nSPS) is 10.6. The number of anilines is 1. The number of fused-ring (bicyclic) bond motifs is 1. The van der Waals surface area contributed by atoms with E-state index >= 15 is 0 Å². The predicted molar refractivity (Wildman–Crippen MR) is 100 cm³/mol. The van der Waals surface area contributed by atoms with Crippen molar-refractivity contribution in [2.24, 2.45) is 0 Å². The number of methoxy groups -OCH3 is 1. The zero-order chi connectivity index (χ0) is 17.8. The van der Waals surface area contributed by atoms with Gasteiger partial charge in [-0.3, -0.25) is 4.79 Å². The monoisotopic (exact) mass is 354 g/mol. The smallest absolute Gasteiger partial charge is 0.354 e. The highest BCUT2D eigenvalue weighted by Gasteiger charge is 2.22. The first kappa shape index (κ1) is 17.0. The van der Waals surface area contributed by atoms with E-state index in [1.54, 1.807) is 21.6 Å². The van der Waals surface area contributed by atoms with Gasteiger partial charge in [0.2, 0.25) is 5.91 Å². The number of benzene rings is 1. The Morgan fingerprint density at radius 2 is 2.04 bits per heavy atom. The Bertz CT molecular complexity index is 911. The fourth-order valence-corrected chi connectivity index (χ4v) is 3.61. The van der Waals surface area contributed by atoms with Gasteiger partial charge >= 0.3 is 5.97 Å². The first-order valence-electron chi connectivity index (χ1n) is 7.77. The summed E-state index contributed by atoms with van der Waals surface area (Å²) in [5.74, 6) is -0.576. The Labute approximate surface area is 149 Å². The molecule has 0 fully saturated rings. The average molecular weight is 354 g/mol. The van der Waals surface area contributed by atoms with E-state index in [0.29, 0.717) is 12.2 Å². The van der Waals surface area contributed by atoms with Gasteiger partial charge in [0.1, 0.15) is 17.1 Å². The lowest BCUT2D eigenvalue weighted by molar-refractivity contribution is -0.119. The molecule has 0 N–H and O–H groups in total. The van der Waals surface area contributed by atoms with Gasteiger partial charge in [-0.1, -0.05) is 24.3 Å². The van der Waals surface area contributed by atoms with Crippen LogP contribution in [0, 0.1) is 0 Å². The molecular formula is C19H18N2O3S. The largest absolute Gasteiger partial charge is 0.464 e. The number of hydrogen-bond acceptors (Lipinski definition) is 4. The molecule has 25 heavy (non-hydrogen) atoms. The second kappa shape index (κ2) is 7.36. The number of nitrogens with zero attached hydrogens (tertiary/aromatic N) is 2. The number of aromatic nitrogens is 1. The van der Waals surface area contributed by atoms with Crippen molar-refractivity contribution in [2.45, 2.75) is 6.54 Å². The highest BCUT2D eigenvalue weighted by atomic mass is 32.1. The molecule has 6 heteroatoms. The second-order valence-corrected chi connectivity index (χ2v) is 6.31. The third-order valence-electron chi connectivity index (χ3n) is 3.87. The van der Waals surface area contributed by atoms with Crippen LogP contribution in [0.25, 0.3) is 10.2 Å². The van der Waals surface area contributed by atoms with E-state index in [1.807, 2.05) is 41.8 Å². The van der Waals surface area contributed by atoms with Crippen LogP contribution in [-0.4, -0.2) is 30.1 Å². The van der Waals surface area contributed by atoms with E-state index in [-0.39, 0.29) is 12.5 Å². The van der Waals surface area contributed by atoms with Crippen molar-refractivity contribution in [1.82, 2.24) is 4.57 Å². The Kier molecular flexibility index (Phi) is 5.00. The molecule has 3 aromatic rings. The molecule has 1 aromatic carbocycles. The average Bonchev–Trinajstić information content (AvgIpc) is 3.22. The molecule has 128 valence electrons. The number of para-hydroxylation sites is 1. The number of ether oxygens (including phenoxy) is 1. The fraction of sp³-hybridized carbons (Fsp3) is 0.158. The molecule has 2 heterocycles. The van der Waals surface area contributed by atoms with E-state index in [2.05, 4.69) is 6.58 Å². The van der Waals surface area contributed by atoms with Crippen molar-refractivity contribution in [3.8, 4) is 0 Å². The molecule has 0 atom stereocenters. The zero-order valence-corrected chi connectivity index (χ0v) is 14.7. The molecule has 0 aliphatic carbocycles. The molecule has 0 saturated heterocycles. The van der Waals surface area contributed by atoms with Crippen molar-refractivity contribution in [1.29, 1.82) is 0 Å². The summed E-state index contributed by atoms with van der Waals surface area (Å²) in [7, 11) is 1.34. The molecule has 1 amide bonds. The molecule has 2 aromatic heterocycles. The molecule has 5 nitrogen and oxygen atoms in total. The zero-order valence-electron chi connectivity index (χ0n) is 13.8. The summed E-state index contributed by atoms with van der Waals surface area (Å²) in [4.78, 5) is 27.5. The van der Waals surface area contributed by atoms with Gasteiger partial charge in [0.15, 0.2) is 0 Å². The summed E-state index contributed by atoms with van der Waals surface area (Å²) in [6.45, 7) is 4.18. The number of hydrogen-bond donors (Lipinski definition) is 0. The molecule has 3 rings (SSSR count). The van der Waals surface area contributed by atoms with Crippen LogP contribution in [0.15, 0.2) is 60.5 Å². The highest BCUT2D eigenvalue weighted by molar-refractivity contribution is 7.16. The second-order valence-electron chi connectivity index (χ2n) is 5.42. The van der Waals surface area contributed by atoms with Crippen LogP contribution in [0.2, 0.25) is 0 Å². The number of esters is 1. The van der Waals surface area contributed by atoms with Crippen LogP contribution in [0.3, 0.4) is 0 Å². The van der Waals surface area contributed by atoms with Crippen molar-refractivity contribution < 1.29 is 14.3 Å². The molecule has 0 aliphatic rings. The van der Waals surface area contributed by atoms with Crippen LogP contribution in [0.5, 0.6) is 0 Å². The number of rotatable bonds is 6. The maximum Gasteiger partial charge on any atom is 0.354 e. The van der Waals surface area contributed by atoms with Gasteiger partial charge in [-0.15, -0.1) is 17.9 Å². The minimum atomic E-state index is -0.453. The summed E-state index contributed by atoms with van der Waals surface area (Å²) in [6.07, 6.45) is 1.68. The van der Waals surface area contributed by atoms with E-state index < -0.39 is 5.97 Å². The maximum atomic E-state index is 12.9. The minimum Gasteiger partial charge on any atom is -0.464 e. The molecule has 0 saturated carbocycles. The quantitative estimate of drug-likeness (QED) is 0.501. The number of amides is 1. The molecule has 0 radical (unpaired) electrons. The third-order valence-corrected chi connectivity index (χ3v) is 4.82. The SMILES string of the molecule is C=CCN(C(=O)Cn1c(C(=O)OC)cc2ccsc21)c1ccccc1.